The lowest BCUT2D eigenvalue weighted by Gasteiger charge is -2.38. The van der Waals surface area contributed by atoms with E-state index in [1.165, 1.54) is 0 Å². The minimum Gasteiger partial charge on any atom is -0.396 e. The minimum atomic E-state index is 0.0816. The quantitative estimate of drug-likeness (QED) is 0.673. The average Bonchev–Trinajstić information content (AvgIpc) is 2.18. The average molecular weight is 199 g/mol. The van der Waals surface area contributed by atoms with Crippen molar-refractivity contribution >= 4 is 5.91 Å². The molecule has 1 heterocycles. The molecule has 0 aromatic heterocycles. The molecule has 1 saturated heterocycles. The Balaban J connectivity index is 1.87. The lowest BCUT2D eigenvalue weighted by atomic mass is 9.73. The Bertz CT molecular complexity index is 207. The number of aliphatic hydroxyl groups excluding tert-OH is 1. The van der Waals surface area contributed by atoms with Gasteiger partial charge in [0.05, 0.1) is 13.2 Å². The molecule has 0 unspecified atom stereocenters. The van der Waals surface area contributed by atoms with E-state index >= 15 is 0 Å². The maximum atomic E-state index is 11.9. The van der Waals surface area contributed by atoms with Gasteiger partial charge >= 0.3 is 0 Å². The molecule has 0 aromatic carbocycles. The van der Waals surface area contributed by atoms with E-state index in [1.54, 1.807) is 0 Å². The van der Waals surface area contributed by atoms with Crippen molar-refractivity contribution < 1.29 is 14.6 Å². The molecule has 4 heteroatoms. The number of hydrogen-bond acceptors (Lipinski definition) is 3. The monoisotopic (exact) mass is 199 g/mol. The summed E-state index contributed by atoms with van der Waals surface area (Å²) in [6, 6.07) is 0. The Hall–Kier alpha value is -0.610. The van der Waals surface area contributed by atoms with Crippen LogP contribution in [0.15, 0.2) is 0 Å². The van der Waals surface area contributed by atoms with E-state index in [0.717, 1.165) is 12.8 Å². The van der Waals surface area contributed by atoms with Crippen LogP contribution in [0.25, 0.3) is 0 Å². The predicted octanol–water partition coefficient (Wildman–Crippen LogP) is -0.136. The van der Waals surface area contributed by atoms with Gasteiger partial charge in [0.15, 0.2) is 0 Å². The maximum Gasteiger partial charge on any atom is 0.226 e. The van der Waals surface area contributed by atoms with Gasteiger partial charge in [-0.2, -0.15) is 0 Å². The first-order chi connectivity index (χ1) is 6.83. The number of rotatable bonds is 2. The summed E-state index contributed by atoms with van der Waals surface area (Å²) in [5.74, 6) is 0.516. The van der Waals surface area contributed by atoms with Crippen LogP contribution in [-0.4, -0.2) is 48.8 Å². The SMILES string of the molecule is O=C([C@H]1CC[C@H]1CO)N1CCOCC1. The molecule has 0 bridgehead atoms. The van der Waals surface area contributed by atoms with Gasteiger partial charge in [-0.1, -0.05) is 0 Å². The zero-order valence-corrected chi connectivity index (χ0v) is 8.32. The van der Waals surface area contributed by atoms with E-state index < -0.39 is 0 Å². The highest BCUT2D eigenvalue weighted by Crippen LogP contribution is 2.35. The number of hydrogen-bond donors (Lipinski definition) is 1. The van der Waals surface area contributed by atoms with E-state index in [9.17, 15) is 4.79 Å². The smallest absolute Gasteiger partial charge is 0.226 e. The first kappa shape index (κ1) is 9.93. The molecule has 2 atom stereocenters. The van der Waals surface area contributed by atoms with Crippen LogP contribution in [0.3, 0.4) is 0 Å². The van der Waals surface area contributed by atoms with Crippen LogP contribution in [0.1, 0.15) is 12.8 Å². The normalized spacial score (nSPS) is 32.5. The minimum absolute atomic E-state index is 0.0816. The van der Waals surface area contributed by atoms with Crippen LogP contribution in [0, 0.1) is 11.8 Å². The molecule has 1 aliphatic carbocycles. The molecule has 2 aliphatic rings. The van der Waals surface area contributed by atoms with Gasteiger partial charge in [0, 0.05) is 25.6 Å². The molecular weight excluding hydrogens is 182 g/mol. The molecule has 1 saturated carbocycles. The maximum absolute atomic E-state index is 11.9. The van der Waals surface area contributed by atoms with Crippen molar-refractivity contribution in [2.75, 3.05) is 32.9 Å². The van der Waals surface area contributed by atoms with Gasteiger partial charge in [0.25, 0.3) is 0 Å². The molecule has 1 N–H and O–H groups in total. The van der Waals surface area contributed by atoms with E-state index in [-0.39, 0.29) is 24.3 Å². The molecule has 1 aliphatic heterocycles. The molecule has 0 radical (unpaired) electrons. The number of ether oxygens (including phenoxy) is 1. The second-order valence-electron chi connectivity index (χ2n) is 4.06. The molecule has 1 amide bonds. The van der Waals surface area contributed by atoms with Gasteiger partial charge in [-0.25, -0.2) is 0 Å². The lowest BCUT2D eigenvalue weighted by molar-refractivity contribution is -0.146. The van der Waals surface area contributed by atoms with Crippen LogP contribution in [0.5, 0.6) is 0 Å². The Morgan fingerprint density at radius 3 is 2.57 bits per heavy atom. The molecule has 2 rings (SSSR count). The largest absolute Gasteiger partial charge is 0.396 e. The van der Waals surface area contributed by atoms with Crippen molar-refractivity contribution in [2.24, 2.45) is 11.8 Å². The Kier molecular flexibility index (Phi) is 3.03. The Morgan fingerprint density at radius 2 is 2.07 bits per heavy atom. The first-order valence-corrected chi connectivity index (χ1v) is 5.30. The highest BCUT2D eigenvalue weighted by molar-refractivity contribution is 5.80. The number of morpholine rings is 1. The molecular formula is C10H17NO3. The van der Waals surface area contributed by atoms with Crippen molar-refractivity contribution in [1.29, 1.82) is 0 Å². The third-order valence-electron chi connectivity index (χ3n) is 3.29. The zero-order chi connectivity index (χ0) is 9.97. The standard InChI is InChI=1S/C10H17NO3/c12-7-8-1-2-9(8)10(13)11-3-5-14-6-4-11/h8-9,12H,1-7H2/t8-,9-/m0/s1. The van der Waals surface area contributed by atoms with Gasteiger partial charge in [0.1, 0.15) is 0 Å². The predicted molar refractivity (Wildman–Crippen MR) is 50.7 cm³/mol. The van der Waals surface area contributed by atoms with E-state index in [0.29, 0.717) is 26.3 Å². The number of carbonyl (C=O) groups is 1. The van der Waals surface area contributed by atoms with Gasteiger partial charge in [-0.15, -0.1) is 0 Å². The fourth-order valence-corrected chi connectivity index (χ4v) is 2.13. The number of aliphatic hydroxyl groups is 1. The summed E-state index contributed by atoms with van der Waals surface area (Å²) in [5, 5.41) is 9.01. The summed E-state index contributed by atoms with van der Waals surface area (Å²) in [6.07, 6.45) is 1.94. The van der Waals surface area contributed by atoms with Gasteiger partial charge in [-0.05, 0) is 18.8 Å². The van der Waals surface area contributed by atoms with Crippen LogP contribution < -0.4 is 0 Å². The van der Waals surface area contributed by atoms with Gasteiger partial charge < -0.3 is 14.7 Å². The number of carbonyl (C=O) groups excluding carboxylic acids is 1. The molecule has 0 aromatic rings. The third kappa shape index (κ3) is 1.77. The van der Waals surface area contributed by atoms with Gasteiger partial charge in [0.2, 0.25) is 5.91 Å². The summed E-state index contributed by atoms with van der Waals surface area (Å²) < 4.78 is 5.19. The Morgan fingerprint density at radius 1 is 1.36 bits per heavy atom. The van der Waals surface area contributed by atoms with Crippen molar-refractivity contribution in [3.8, 4) is 0 Å². The van der Waals surface area contributed by atoms with Crippen LogP contribution in [-0.2, 0) is 9.53 Å². The van der Waals surface area contributed by atoms with Crippen molar-refractivity contribution in [3.63, 3.8) is 0 Å². The molecule has 0 spiro atoms. The lowest BCUT2D eigenvalue weighted by Crippen LogP contribution is -2.48. The fraction of sp³-hybridized carbons (Fsp3) is 0.900. The summed E-state index contributed by atoms with van der Waals surface area (Å²) in [6.45, 7) is 2.90. The second kappa shape index (κ2) is 4.28. The molecule has 2 fully saturated rings. The zero-order valence-electron chi connectivity index (χ0n) is 8.32. The van der Waals surface area contributed by atoms with Crippen molar-refractivity contribution in [1.82, 2.24) is 4.90 Å². The molecule has 14 heavy (non-hydrogen) atoms. The van der Waals surface area contributed by atoms with Crippen molar-refractivity contribution in [3.05, 3.63) is 0 Å². The summed E-state index contributed by atoms with van der Waals surface area (Å²) in [7, 11) is 0. The Labute approximate surface area is 83.8 Å². The van der Waals surface area contributed by atoms with E-state index in [4.69, 9.17) is 9.84 Å². The number of nitrogens with zero attached hydrogens (tertiary/aromatic N) is 1. The molecule has 4 nitrogen and oxygen atoms in total. The molecule has 80 valence electrons. The van der Waals surface area contributed by atoms with E-state index in [1.807, 2.05) is 4.90 Å². The highest BCUT2D eigenvalue weighted by Gasteiger charge is 2.38. The van der Waals surface area contributed by atoms with E-state index in [2.05, 4.69) is 0 Å². The van der Waals surface area contributed by atoms with Crippen LogP contribution in [0.4, 0.5) is 0 Å². The van der Waals surface area contributed by atoms with Crippen molar-refractivity contribution in [2.45, 2.75) is 12.8 Å². The number of amides is 1. The summed E-state index contributed by atoms with van der Waals surface area (Å²) >= 11 is 0. The van der Waals surface area contributed by atoms with Crippen LogP contribution >= 0.6 is 0 Å². The van der Waals surface area contributed by atoms with Crippen LogP contribution in [0.2, 0.25) is 0 Å². The summed E-state index contributed by atoms with van der Waals surface area (Å²) in [4.78, 5) is 13.8. The topological polar surface area (TPSA) is 49.8 Å². The summed E-state index contributed by atoms with van der Waals surface area (Å²) in [5.41, 5.74) is 0. The highest BCUT2D eigenvalue weighted by atomic mass is 16.5. The van der Waals surface area contributed by atoms with Gasteiger partial charge in [-0.3, -0.25) is 4.79 Å². The second-order valence-corrected chi connectivity index (χ2v) is 4.06. The third-order valence-corrected chi connectivity index (χ3v) is 3.29. The fourth-order valence-electron chi connectivity index (χ4n) is 2.13. The first-order valence-electron chi connectivity index (χ1n) is 5.30.